The summed E-state index contributed by atoms with van der Waals surface area (Å²) in [5, 5.41) is 23.8. The van der Waals surface area contributed by atoms with E-state index >= 15 is 0 Å². The standard InChI is InChI=1S/C55H101NO5/c1-4-7-10-13-16-19-22-25-27-28-29-31-34-37-40-43-46-51(61-55(60)48-45-42-39-36-33-30-26-23-20-17-14-11-8-5-2)49-54(59)56-52(50-57)53(58)47-44-41-38-35-32-24-21-18-15-12-9-6-3/h8,11,17,20,27-29,31,51-53,57-58H,4-7,9-10,12-16,18-19,21-26,30,32-50H2,1-3H3,(H,56,59)/b11-8+,20-17+,28-27+,31-29+. The van der Waals surface area contributed by atoms with Gasteiger partial charge in [-0.2, -0.15) is 0 Å². The molecule has 0 bridgehead atoms. The largest absolute Gasteiger partial charge is 0.462 e. The van der Waals surface area contributed by atoms with Gasteiger partial charge in [-0.15, -0.1) is 0 Å². The zero-order valence-electron chi connectivity index (χ0n) is 40.5. The Kier molecular flexibility index (Phi) is 47.1. The van der Waals surface area contributed by atoms with E-state index < -0.39 is 18.2 Å². The number of amides is 1. The third-order valence-corrected chi connectivity index (χ3v) is 11.9. The summed E-state index contributed by atoms with van der Waals surface area (Å²) >= 11 is 0. The minimum absolute atomic E-state index is 0.0572. The van der Waals surface area contributed by atoms with Gasteiger partial charge in [0.2, 0.25) is 5.91 Å². The average Bonchev–Trinajstić information content (AvgIpc) is 3.25. The monoisotopic (exact) mass is 856 g/mol. The Balaban J connectivity index is 4.64. The highest BCUT2D eigenvalue weighted by Crippen LogP contribution is 2.17. The fraction of sp³-hybridized carbons (Fsp3) is 0.818. The lowest BCUT2D eigenvalue weighted by Gasteiger charge is -2.24. The first-order chi connectivity index (χ1) is 30.0. The van der Waals surface area contributed by atoms with Crippen LogP contribution in [0.3, 0.4) is 0 Å². The molecule has 0 aromatic carbocycles. The van der Waals surface area contributed by atoms with Crippen molar-refractivity contribution in [3.63, 3.8) is 0 Å². The molecule has 356 valence electrons. The number of ether oxygens (including phenoxy) is 1. The van der Waals surface area contributed by atoms with Gasteiger partial charge in [-0.1, -0.05) is 223 Å². The smallest absolute Gasteiger partial charge is 0.306 e. The highest BCUT2D eigenvalue weighted by atomic mass is 16.5. The van der Waals surface area contributed by atoms with Crippen LogP contribution in [0.4, 0.5) is 0 Å². The van der Waals surface area contributed by atoms with Crippen molar-refractivity contribution in [2.24, 2.45) is 0 Å². The summed E-state index contributed by atoms with van der Waals surface area (Å²) in [4.78, 5) is 26.2. The topological polar surface area (TPSA) is 95.9 Å². The number of aliphatic hydroxyl groups is 2. The number of allylic oxidation sites excluding steroid dienone is 8. The van der Waals surface area contributed by atoms with Gasteiger partial charge in [0.25, 0.3) is 0 Å². The number of carbonyl (C=O) groups is 2. The Labute approximate surface area is 378 Å². The summed E-state index contributed by atoms with van der Waals surface area (Å²) in [6.07, 6.45) is 58.8. The maximum atomic E-state index is 13.2. The Bertz CT molecular complexity index is 1050. The van der Waals surface area contributed by atoms with Crippen LogP contribution in [0, 0.1) is 0 Å². The molecule has 0 aliphatic rings. The summed E-state index contributed by atoms with van der Waals surface area (Å²) in [7, 11) is 0. The molecule has 6 heteroatoms. The Morgan fingerprint density at radius 2 is 0.934 bits per heavy atom. The fourth-order valence-electron chi connectivity index (χ4n) is 7.93. The molecule has 0 rings (SSSR count). The normalized spacial score (nSPS) is 13.6. The molecule has 0 aromatic heterocycles. The van der Waals surface area contributed by atoms with Gasteiger partial charge in [-0.3, -0.25) is 9.59 Å². The molecule has 0 saturated carbocycles. The number of unbranched alkanes of at least 4 members (excludes halogenated alkanes) is 28. The predicted molar refractivity (Wildman–Crippen MR) is 264 cm³/mol. The third kappa shape index (κ3) is 44.2. The fourth-order valence-corrected chi connectivity index (χ4v) is 7.93. The molecule has 1 amide bonds. The highest BCUT2D eigenvalue weighted by molar-refractivity contribution is 5.77. The SMILES string of the molecule is CC/C=C/C/C=C/CCCCCCCCCC(=O)OC(CCCCC/C=C/C=C/CCCCCCCCC)CC(=O)NC(CO)C(O)CCCCCCCCCCCCCC. The summed E-state index contributed by atoms with van der Waals surface area (Å²) in [6, 6.07) is -0.711. The van der Waals surface area contributed by atoms with Crippen LogP contribution in [0.25, 0.3) is 0 Å². The average molecular weight is 856 g/mol. The van der Waals surface area contributed by atoms with Crippen molar-refractivity contribution in [2.75, 3.05) is 6.61 Å². The van der Waals surface area contributed by atoms with Gasteiger partial charge in [-0.25, -0.2) is 0 Å². The van der Waals surface area contributed by atoms with Crippen LogP contribution < -0.4 is 5.32 Å². The molecule has 3 unspecified atom stereocenters. The second-order valence-electron chi connectivity index (χ2n) is 17.9. The van der Waals surface area contributed by atoms with Crippen molar-refractivity contribution in [2.45, 2.75) is 283 Å². The molecule has 61 heavy (non-hydrogen) atoms. The maximum absolute atomic E-state index is 13.2. The second kappa shape index (κ2) is 48.8. The van der Waals surface area contributed by atoms with Gasteiger partial charge in [0.1, 0.15) is 6.10 Å². The van der Waals surface area contributed by atoms with Crippen molar-refractivity contribution in [1.29, 1.82) is 0 Å². The number of carbonyl (C=O) groups excluding carboxylic acids is 2. The van der Waals surface area contributed by atoms with E-state index in [0.29, 0.717) is 19.3 Å². The van der Waals surface area contributed by atoms with Crippen LogP contribution in [0.1, 0.15) is 265 Å². The summed E-state index contributed by atoms with van der Waals surface area (Å²) in [6.45, 7) is 6.37. The van der Waals surface area contributed by atoms with Crippen LogP contribution in [-0.4, -0.2) is 46.9 Å². The zero-order valence-corrected chi connectivity index (χ0v) is 40.5. The number of nitrogens with one attached hydrogen (secondary N) is 1. The summed E-state index contributed by atoms with van der Waals surface area (Å²) in [5.41, 5.74) is 0. The Morgan fingerprint density at radius 3 is 1.44 bits per heavy atom. The van der Waals surface area contributed by atoms with E-state index in [9.17, 15) is 19.8 Å². The quantitative estimate of drug-likeness (QED) is 0.0245. The van der Waals surface area contributed by atoms with E-state index in [1.54, 1.807) is 0 Å². The molecule has 3 atom stereocenters. The van der Waals surface area contributed by atoms with E-state index in [0.717, 1.165) is 89.9 Å². The molecular formula is C55H101NO5. The third-order valence-electron chi connectivity index (χ3n) is 11.9. The lowest BCUT2D eigenvalue weighted by atomic mass is 10.0. The summed E-state index contributed by atoms with van der Waals surface area (Å²) in [5.74, 6) is -0.504. The molecular weight excluding hydrogens is 755 g/mol. The lowest BCUT2D eigenvalue weighted by Crippen LogP contribution is -2.46. The number of hydrogen-bond donors (Lipinski definition) is 3. The zero-order chi connectivity index (χ0) is 44.5. The van der Waals surface area contributed by atoms with Gasteiger partial charge in [-0.05, 0) is 77.0 Å². The van der Waals surface area contributed by atoms with Crippen molar-refractivity contribution in [3.8, 4) is 0 Å². The number of aliphatic hydroxyl groups excluding tert-OH is 2. The van der Waals surface area contributed by atoms with Gasteiger partial charge < -0.3 is 20.3 Å². The van der Waals surface area contributed by atoms with Crippen molar-refractivity contribution < 1.29 is 24.5 Å². The maximum Gasteiger partial charge on any atom is 0.306 e. The molecule has 6 nitrogen and oxygen atoms in total. The van der Waals surface area contributed by atoms with E-state index in [-0.39, 0.29) is 24.9 Å². The lowest BCUT2D eigenvalue weighted by molar-refractivity contribution is -0.151. The summed E-state index contributed by atoms with van der Waals surface area (Å²) < 4.78 is 5.92. The van der Waals surface area contributed by atoms with Gasteiger partial charge in [0.05, 0.1) is 25.2 Å². The molecule has 0 aromatic rings. The van der Waals surface area contributed by atoms with E-state index in [4.69, 9.17) is 4.74 Å². The molecule has 3 N–H and O–H groups in total. The second-order valence-corrected chi connectivity index (χ2v) is 17.9. The molecule has 0 heterocycles. The van der Waals surface area contributed by atoms with Crippen LogP contribution in [0.2, 0.25) is 0 Å². The molecule has 0 aliphatic carbocycles. The van der Waals surface area contributed by atoms with E-state index in [2.05, 4.69) is 74.7 Å². The number of rotatable bonds is 47. The Morgan fingerprint density at radius 1 is 0.508 bits per heavy atom. The Hall–Kier alpha value is -2.18. The van der Waals surface area contributed by atoms with Crippen LogP contribution in [0.5, 0.6) is 0 Å². The number of hydrogen-bond acceptors (Lipinski definition) is 5. The van der Waals surface area contributed by atoms with Gasteiger partial charge >= 0.3 is 5.97 Å². The molecule has 0 fully saturated rings. The first-order valence-corrected chi connectivity index (χ1v) is 26.4. The molecule has 0 aliphatic heterocycles. The van der Waals surface area contributed by atoms with Crippen LogP contribution >= 0.6 is 0 Å². The first-order valence-electron chi connectivity index (χ1n) is 26.4. The minimum Gasteiger partial charge on any atom is -0.462 e. The minimum atomic E-state index is -0.795. The van der Waals surface area contributed by atoms with Gasteiger partial charge in [0, 0.05) is 6.42 Å². The van der Waals surface area contributed by atoms with Crippen molar-refractivity contribution >= 4 is 11.9 Å². The molecule has 0 radical (unpaired) electrons. The van der Waals surface area contributed by atoms with Crippen molar-refractivity contribution in [3.05, 3.63) is 48.6 Å². The van der Waals surface area contributed by atoms with Crippen LogP contribution in [0.15, 0.2) is 48.6 Å². The molecule has 0 spiro atoms. The first kappa shape index (κ1) is 58.8. The van der Waals surface area contributed by atoms with Crippen molar-refractivity contribution in [1.82, 2.24) is 5.32 Å². The predicted octanol–water partition coefficient (Wildman–Crippen LogP) is 15.8. The van der Waals surface area contributed by atoms with E-state index in [1.807, 2.05) is 0 Å². The van der Waals surface area contributed by atoms with Crippen LogP contribution in [-0.2, 0) is 14.3 Å². The van der Waals surface area contributed by atoms with E-state index in [1.165, 1.54) is 128 Å². The number of esters is 1. The van der Waals surface area contributed by atoms with Gasteiger partial charge in [0.15, 0.2) is 0 Å². The molecule has 0 saturated heterocycles. The highest BCUT2D eigenvalue weighted by Gasteiger charge is 2.24.